The van der Waals surface area contributed by atoms with E-state index in [-0.39, 0.29) is 22.1 Å². The first kappa shape index (κ1) is 15.2. The van der Waals surface area contributed by atoms with Gasteiger partial charge in [-0.1, -0.05) is 11.6 Å². The molecule has 0 spiro atoms. The van der Waals surface area contributed by atoms with Gasteiger partial charge in [-0.15, -0.1) is 0 Å². The Morgan fingerprint density at radius 2 is 1.90 bits per heavy atom. The zero-order chi connectivity index (χ0) is 14.9. The van der Waals surface area contributed by atoms with Gasteiger partial charge in [-0.05, 0) is 47.1 Å². The molecule has 1 N–H and O–H groups in total. The summed E-state index contributed by atoms with van der Waals surface area (Å²) in [7, 11) is 0. The van der Waals surface area contributed by atoms with Crippen molar-refractivity contribution in [2.75, 3.05) is 0 Å². The number of aliphatic hydroxyl groups is 1. The van der Waals surface area contributed by atoms with Crippen molar-refractivity contribution in [3.05, 3.63) is 57.0 Å². The van der Waals surface area contributed by atoms with Crippen molar-refractivity contribution < 1.29 is 18.6 Å². The maximum absolute atomic E-state index is 13.4. The molecule has 1 atom stereocenters. The summed E-state index contributed by atoms with van der Waals surface area (Å²) in [5.41, 5.74) is 0.271. The van der Waals surface area contributed by atoms with Crippen LogP contribution in [0.3, 0.4) is 0 Å². The summed E-state index contributed by atoms with van der Waals surface area (Å²) < 4.78 is 32.6. The van der Waals surface area contributed by atoms with E-state index in [9.17, 15) is 13.9 Å². The SMILES string of the molecule is CC(O)c1cc(F)ccc1Oc1cc(F)c(Cl)cc1Br. The molecule has 2 rings (SSSR count). The van der Waals surface area contributed by atoms with Crippen molar-refractivity contribution >= 4 is 27.5 Å². The molecule has 0 aromatic heterocycles. The molecular weight excluding hydrogens is 354 g/mol. The quantitative estimate of drug-likeness (QED) is 0.757. The van der Waals surface area contributed by atoms with E-state index < -0.39 is 17.7 Å². The third-order valence-corrected chi connectivity index (χ3v) is 3.53. The van der Waals surface area contributed by atoms with Gasteiger partial charge >= 0.3 is 0 Å². The van der Waals surface area contributed by atoms with E-state index >= 15 is 0 Å². The van der Waals surface area contributed by atoms with Crippen LogP contribution < -0.4 is 4.74 Å². The molecule has 6 heteroatoms. The summed E-state index contributed by atoms with van der Waals surface area (Å²) in [6, 6.07) is 6.21. The number of hydrogen-bond donors (Lipinski definition) is 1. The first-order valence-electron chi connectivity index (χ1n) is 5.68. The second kappa shape index (κ2) is 6.08. The van der Waals surface area contributed by atoms with Crippen LogP contribution in [0.1, 0.15) is 18.6 Å². The second-order valence-electron chi connectivity index (χ2n) is 4.16. The molecule has 0 saturated carbocycles. The minimum Gasteiger partial charge on any atom is -0.456 e. The van der Waals surface area contributed by atoms with Gasteiger partial charge < -0.3 is 9.84 Å². The smallest absolute Gasteiger partial charge is 0.145 e. The van der Waals surface area contributed by atoms with Crippen molar-refractivity contribution in [3.8, 4) is 11.5 Å². The van der Waals surface area contributed by atoms with Gasteiger partial charge in [0.25, 0.3) is 0 Å². The maximum atomic E-state index is 13.4. The lowest BCUT2D eigenvalue weighted by Crippen LogP contribution is -1.98. The Morgan fingerprint density at radius 1 is 1.20 bits per heavy atom. The van der Waals surface area contributed by atoms with Crippen LogP contribution in [-0.2, 0) is 0 Å². The fourth-order valence-corrected chi connectivity index (χ4v) is 2.36. The van der Waals surface area contributed by atoms with Crippen molar-refractivity contribution in [2.24, 2.45) is 0 Å². The summed E-state index contributed by atoms with van der Waals surface area (Å²) in [6.45, 7) is 1.49. The topological polar surface area (TPSA) is 29.5 Å². The van der Waals surface area contributed by atoms with Crippen molar-refractivity contribution in [1.29, 1.82) is 0 Å². The molecule has 0 aliphatic carbocycles. The Morgan fingerprint density at radius 3 is 2.55 bits per heavy atom. The molecule has 0 aliphatic heterocycles. The van der Waals surface area contributed by atoms with E-state index in [2.05, 4.69) is 15.9 Å². The van der Waals surface area contributed by atoms with E-state index in [1.54, 1.807) is 0 Å². The standard InChI is InChI=1S/C14H10BrClF2O2/c1-7(19)9-4-8(17)2-3-13(9)20-14-6-12(18)11(16)5-10(14)15/h2-7,19H,1H3. The fourth-order valence-electron chi connectivity index (χ4n) is 1.64. The predicted octanol–water partition coefficient (Wildman–Crippen LogP) is 5.23. The summed E-state index contributed by atoms with van der Waals surface area (Å²) in [5, 5.41) is 9.58. The minimum atomic E-state index is -0.920. The molecule has 0 bridgehead atoms. The van der Waals surface area contributed by atoms with Crippen LogP contribution in [0, 0.1) is 11.6 Å². The number of benzene rings is 2. The first-order valence-corrected chi connectivity index (χ1v) is 6.85. The Kier molecular flexibility index (Phi) is 4.62. The Labute approximate surface area is 128 Å². The number of halogens is 4. The number of aliphatic hydroxyl groups excluding tert-OH is 1. The molecule has 2 aromatic carbocycles. The van der Waals surface area contributed by atoms with Gasteiger partial charge in [0.1, 0.15) is 23.1 Å². The number of rotatable bonds is 3. The van der Waals surface area contributed by atoms with E-state index in [0.717, 1.165) is 6.07 Å². The van der Waals surface area contributed by atoms with Gasteiger partial charge in [0.15, 0.2) is 0 Å². The summed E-state index contributed by atoms with van der Waals surface area (Å²) in [6.07, 6.45) is -0.920. The highest BCUT2D eigenvalue weighted by molar-refractivity contribution is 9.10. The maximum Gasteiger partial charge on any atom is 0.145 e. The zero-order valence-electron chi connectivity index (χ0n) is 10.3. The number of ether oxygens (including phenoxy) is 1. The lowest BCUT2D eigenvalue weighted by atomic mass is 10.1. The van der Waals surface area contributed by atoms with Crippen LogP contribution in [0.2, 0.25) is 5.02 Å². The Bertz CT molecular complexity index is 647. The molecule has 1 unspecified atom stereocenters. The first-order chi connectivity index (χ1) is 9.38. The Balaban J connectivity index is 2.42. The largest absolute Gasteiger partial charge is 0.456 e. The monoisotopic (exact) mass is 362 g/mol. The fraction of sp³-hybridized carbons (Fsp3) is 0.143. The highest BCUT2D eigenvalue weighted by atomic mass is 79.9. The molecule has 20 heavy (non-hydrogen) atoms. The number of hydrogen-bond acceptors (Lipinski definition) is 2. The molecule has 0 saturated heterocycles. The average Bonchev–Trinajstić information content (AvgIpc) is 2.37. The van der Waals surface area contributed by atoms with Crippen LogP contribution in [0.5, 0.6) is 11.5 Å². The van der Waals surface area contributed by atoms with Gasteiger partial charge in [0.2, 0.25) is 0 Å². The average molecular weight is 364 g/mol. The van der Waals surface area contributed by atoms with Gasteiger partial charge in [0, 0.05) is 11.6 Å². The molecule has 0 heterocycles. The van der Waals surface area contributed by atoms with Crippen LogP contribution >= 0.6 is 27.5 Å². The summed E-state index contributed by atoms with van der Waals surface area (Å²) in [4.78, 5) is 0. The molecule has 0 amide bonds. The highest BCUT2D eigenvalue weighted by Gasteiger charge is 2.14. The molecular formula is C14H10BrClF2O2. The van der Waals surface area contributed by atoms with Gasteiger partial charge in [-0.2, -0.15) is 0 Å². The normalized spacial score (nSPS) is 12.3. The van der Waals surface area contributed by atoms with E-state index in [1.165, 1.54) is 31.2 Å². The lowest BCUT2D eigenvalue weighted by molar-refractivity contribution is 0.195. The molecule has 2 nitrogen and oxygen atoms in total. The third-order valence-electron chi connectivity index (χ3n) is 2.62. The van der Waals surface area contributed by atoms with E-state index in [1.807, 2.05) is 0 Å². The van der Waals surface area contributed by atoms with Gasteiger partial charge in [-0.25, -0.2) is 8.78 Å². The minimum absolute atomic E-state index is 0.0425. The second-order valence-corrected chi connectivity index (χ2v) is 5.42. The van der Waals surface area contributed by atoms with Crippen LogP contribution in [-0.4, -0.2) is 5.11 Å². The van der Waals surface area contributed by atoms with Crippen LogP contribution in [0.4, 0.5) is 8.78 Å². The van der Waals surface area contributed by atoms with Gasteiger partial charge in [-0.3, -0.25) is 0 Å². The predicted molar refractivity (Wildman–Crippen MR) is 76.2 cm³/mol. The molecule has 0 fully saturated rings. The molecule has 2 aromatic rings. The summed E-state index contributed by atoms with van der Waals surface area (Å²) in [5.74, 6) is -0.704. The summed E-state index contributed by atoms with van der Waals surface area (Å²) >= 11 is 8.84. The van der Waals surface area contributed by atoms with E-state index in [4.69, 9.17) is 16.3 Å². The van der Waals surface area contributed by atoms with Crippen molar-refractivity contribution in [1.82, 2.24) is 0 Å². The van der Waals surface area contributed by atoms with Crippen LogP contribution in [0.25, 0.3) is 0 Å². The lowest BCUT2D eigenvalue weighted by Gasteiger charge is -2.14. The van der Waals surface area contributed by atoms with E-state index in [0.29, 0.717) is 4.47 Å². The van der Waals surface area contributed by atoms with Crippen molar-refractivity contribution in [2.45, 2.75) is 13.0 Å². The zero-order valence-corrected chi connectivity index (χ0v) is 12.7. The van der Waals surface area contributed by atoms with Crippen molar-refractivity contribution in [3.63, 3.8) is 0 Å². The molecule has 106 valence electrons. The van der Waals surface area contributed by atoms with Gasteiger partial charge in [0.05, 0.1) is 15.6 Å². The Hall–Kier alpha value is -1.17. The third kappa shape index (κ3) is 3.29. The molecule has 0 aliphatic rings. The van der Waals surface area contributed by atoms with Crippen LogP contribution in [0.15, 0.2) is 34.8 Å². The highest BCUT2D eigenvalue weighted by Crippen LogP contribution is 2.36. The molecule has 0 radical (unpaired) electrons.